The highest BCUT2D eigenvalue weighted by Crippen LogP contribution is 2.38. The van der Waals surface area contributed by atoms with E-state index in [1.165, 1.54) is 22.7 Å². The number of thiazole rings is 2. The van der Waals surface area contributed by atoms with E-state index in [1.54, 1.807) is 18.5 Å². The Morgan fingerprint density at radius 3 is 2.00 bits per heavy atom. The van der Waals surface area contributed by atoms with Gasteiger partial charge in [0, 0.05) is 72.0 Å². The Morgan fingerprint density at radius 1 is 0.701 bits per heavy atom. The lowest BCUT2D eigenvalue weighted by Gasteiger charge is -2.32. The van der Waals surface area contributed by atoms with E-state index < -0.39 is 11.2 Å². The van der Waals surface area contributed by atoms with E-state index in [9.17, 15) is 9.59 Å². The third kappa shape index (κ3) is 12.0. The zero-order valence-corrected chi connectivity index (χ0v) is 40.4. The van der Waals surface area contributed by atoms with Crippen LogP contribution in [0.15, 0.2) is 145 Å². The average molecular weight is 954 g/mol. The van der Waals surface area contributed by atoms with Gasteiger partial charge in [-0.1, -0.05) is 54.1 Å². The Bertz CT molecular complexity index is 2900. The highest BCUT2D eigenvalue weighted by atomic mass is 35.5. The first-order valence-electron chi connectivity index (χ1n) is 22.2. The van der Waals surface area contributed by atoms with Gasteiger partial charge < -0.3 is 18.6 Å². The van der Waals surface area contributed by atoms with Crippen LogP contribution in [0.3, 0.4) is 0 Å². The summed E-state index contributed by atoms with van der Waals surface area (Å²) in [4.78, 5) is 45.7. The molecule has 0 aliphatic carbocycles. The maximum absolute atomic E-state index is 13.6. The first kappa shape index (κ1) is 47.2. The largest absolute Gasteiger partial charge is 0.362 e. The van der Waals surface area contributed by atoms with Crippen molar-refractivity contribution in [1.82, 2.24) is 29.1 Å². The van der Waals surface area contributed by atoms with E-state index in [0.717, 1.165) is 46.5 Å². The van der Waals surface area contributed by atoms with Gasteiger partial charge in [-0.05, 0) is 130 Å². The molecule has 0 saturated heterocycles. The summed E-state index contributed by atoms with van der Waals surface area (Å²) in [5.74, 6) is -0.478. The zero-order valence-electron chi connectivity index (χ0n) is 38.1. The average Bonchev–Trinajstić information content (AvgIpc) is 4.17. The van der Waals surface area contributed by atoms with Gasteiger partial charge in [-0.25, -0.2) is 9.97 Å². The number of hydrogen-bond donors (Lipinski definition) is 2. The van der Waals surface area contributed by atoms with Crippen LogP contribution in [0.2, 0.25) is 5.02 Å². The molecule has 2 amide bonds. The molecule has 0 aliphatic rings. The SMILES string of the molecule is CC(OC(C)(Cc1cc(CCCn2cccc2C(=O)Nc2nc(C(C)(C)O[C@@H](C)c3ccccc3)cs2)ccn1)c1csc(NC(=O)c2cccn2Cc2ccncc2)n1)c1ccc(Cl)cc1. The molecule has 0 bridgehead atoms. The third-order valence-corrected chi connectivity index (χ3v) is 13.4. The fraction of sp³-hybridized carbons (Fsp3) is 0.269. The van der Waals surface area contributed by atoms with Crippen molar-refractivity contribution in [3.63, 3.8) is 0 Å². The van der Waals surface area contributed by atoms with Crippen molar-refractivity contribution in [3.05, 3.63) is 201 Å². The van der Waals surface area contributed by atoms with E-state index in [4.69, 9.17) is 36.0 Å². The van der Waals surface area contributed by atoms with Gasteiger partial charge in [-0.15, -0.1) is 22.7 Å². The number of rotatable bonds is 20. The number of pyridine rings is 2. The lowest BCUT2D eigenvalue weighted by Crippen LogP contribution is -2.31. The predicted molar refractivity (Wildman–Crippen MR) is 266 cm³/mol. The number of benzene rings is 2. The number of nitrogens with zero attached hydrogens (tertiary/aromatic N) is 6. The van der Waals surface area contributed by atoms with E-state index in [-0.39, 0.29) is 24.0 Å². The summed E-state index contributed by atoms with van der Waals surface area (Å²) in [6.07, 6.45) is 10.6. The Labute approximate surface area is 404 Å². The lowest BCUT2D eigenvalue weighted by atomic mass is 9.94. The molecule has 0 spiro atoms. The number of nitrogens with one attached hydrogen (secondary N) is 2. The minimum absolute atomic E-state index is 0.129. The molecule has 0 radical (unpaired) electrons. The topological polar surface area (TPSA) is 138 Å². The van der Waals surface area contributed by atoms with E-state index in [0.29, 0.717) is 51.9 Å². The van der Waals surface area contributed by atoms with Gasteiger partial charge in [0.15, 0.2) is 10.3 Å². The summed E-state index contributed by atoms with van der Waals surface area (Å²) in [5.41, 5.74) is 5.95. The van der Waals surface area contributed by atoms with Crippen LogP contribution in [0, 0.1) is 0 Å². The normalized spacial score (nSPS) is 13.5. The molecule has 67 heavy (non-hydrogen) atoms. The molecule has 12 nitrogen and oxygen atoms in total. The van der Waals surface area contributed by atoms with Crippen molar-refractivity contribution < 1.29 is 19.1 Å². The van der Waals surface area contributed by atoms with Gasteiger partial charge in [0.2, 0.25) is 0 Å². The number of amides is 2. The van der Waals surface area contributed by atoms with Crippen molar-refractivity contribution >= 4 is 56.4 Å². The molecular weight excluding hydrogens is 900 g/mol. The molecule has 2 aromatic carbocycles. The molecule has 3 atom stereocenters. The first-order chi connectivity index (χ1) is 32.3. The minimum atomic E-state index is -0.930. The van der Waals surface area contributed by atoms with Crippen LogP contribution >= 0.6 is 34.3 Å². The fourth-order valence-corrected chi connectivity index (χ4v) is 9.84. The van der Waals surface area contributed by atoms with Crippen LogP contribution in [-0.2, 0) is 46.6 Å². The number of carbonyl (C=O) groups is 2. The smallest absolute Gasteiger partial charge is 0.274 e. The first-order valence-corrected chi connectivity index (χ1v) is 24.3. The Morgan fingerprint density at radius 2 is 1.30 bits per heavy atom. The van der Waals surface area contributed by atoms with E-state index in [2.05, 4.69) is 21.7 Å². The number of anilines is 2. The Kier molecular flexibility index (Phi) is 14.9. The van der Waals surface area contributed by atoms with Crippen LogP contribution in [-0.4, -0.2) is 40.9 Å². The molecule has 2 unspecified atom stereocenters. The number of halogens is 1. The number of ether oxygens (including phenoxy) is 2. The minimum Gasteiger partial charge on any atom is -0.362 e. The summed E-state index contributed by atoms with van der Waals surface area (Å²) in [6, 6.07) is 33.1. The highest BCUT2D eigenvalue weighted by Gasteiger charge is 2.35. The standard InChI is InChI=1S/C52H53ClN8O4S2/c1-35(39-13-7-6-8-14-39)64-51(3,4)45-33-66-49(56-45)58-47(62)43-15-10-28-60(43)27-9-12-37-23-26-55-42(30-37)31-52(5,65-36(2)40-17-19-41(53)20-18-40)46-34-67-50(57-46)59-48(63)44-16-11-29-61(44)32-38-21-24-54-25-22-38/h6-8,10-11,13-26,28-30,33-36H,9,12,27,31-32H2,1-5H3,(H,56,58,62)(H,57,59,63)/t35-,36?,52?/m0/s1. The van der Waals surface area contributed by atoms with Crippen LogP contribution in [0.25, 0.3) is 0 Å². The van der Waals surface area contributed by atoms with Crippen LogP contribution in [0.4, 0.5) is 10.3 Å². The van der Waals surface area contributed by atoms with E-state index >= 15 is 0 Å². The monoisotopic (exact) mass is 952 g/mol. The second-order valence-electron chi connectivity index (χ2n) is 17.1. The van der Waals surface area contributed by atoms with Gasteiger partial charge in [-0.3, -0.25) is 30.2 Å². The number of hydrogen-bond acceptors (Lipinski definition) is 10. The molecule has 0 fully saturated rings. The molecule has 6 heterocycles. The van der Waals surface area contributed by atoms with Crippen molar-refractivity contribution in [2.24, 2.45) is 0 Å². The Hall–Kier alpha value is -6.29. The molecule has 0 aliphatic heterocycles. The van der Waals surface area contributed by atoms with Crippen molar-refractivity contribution in [2.75, 3.05) is 10.6 Å². The van der Waals surface area contributed by atoms with Crippen LogP contribution < -0.4 is 10.6 Å². The van der Waals surface area contributed by atoms with Gasteiger partial charge >= 0.3 is 0 Å². The predicted octanol–water partition coefficient (Wildman–Crippen LogP) is 12.1. The summed E-state index contributed by atoms with van der Waals surface area (Å²) >= 11 is 8.96. The quantitative estimate of drug-likeness (QED) is 0.0770. The molecule has 2 N–H and O–H groups in total. The van der Waals surface area contributed by atoms with Gasteiger partial charge in [-0.2, -0.15) is 0 Å². The summed E-state index contributed by atoms with van der Waals surface area (Å²) < 4.78 is 17.2. The van der Waals surface area contributed by atoms with Crippen LogP contribution in [0.5, 0.6) is 0 Å². The Balaban J connectivity index is 0.913. The zero-order chi connectivity index (χ0) is 47.0. The summed E-state index contributed by atoms with van der Waals surface area (Å²) in [6.45, 7) is 11.2. The summed E-state index contributed by atoms with van der Waals surface area (Å²) in [7, 11) is 0. The maximum Gasteiger partial charge on any atom is 0.274 e. The van der Waals surface area contributed by atoms with Gasteiger partial charge in [0.1, 0.15) is 22.6 Å². The van der Waals surface area contributed by atoms with Crippen molar-refractivity contribution in [1.29, 1.82) is 0 Å². The highest BCUT2D eigenvalue weighted by molar-refractivity contribution is 7.14. The number of aryl methyl sites for hydroxylation is 2. The third-order valence-electron chi connectivity index (χ3n) is 11.6. The molecule has 344 valence electrons. The molecule has 8 aromatic rings. The van der Waals surface area contributed by atoms with Crippen molar-refractivity contribution in [3.8, 4) is 0 Å². The van der Waals surface area contributed by atoms with Gasteiger partial charge in [0.25, 0.3) is 11.8 Å². The maximum atomic E-state index is 13.6. The van der Waals surface area contributed by atoms with Gasteiger partial charge in [0.05, 0.1) is 23.6 Å². The molecule has 15 heteroatoms. The lowest BCUT2D eigenvalue weighted by molar-refractivity contribution is -0.0854. The fourth-order valence-electron chi connectivity index (χ4n) is 8.02. The summed E-state index contributed by atoms with van der Waals surface area (Å²) in [5, 5.41) is 11.5. The molecule has 6 aromatic heterocycles. The number of carbonyl (C=O) groups excluding carboxylic acids is 2. The number of aromatic nitrogens is 6. The van der Waals surface area contributed by atoms with Crippen LogP contribution in [0.1, 0.15) is 114 Å². The molecular formula is C52H53ClN8O4S2. The van der Waals surface area contributed by atoms with Crippen molar-refractivity contribution in [2.45, 2.75) is 90.4 Å². The molecule has 8 rings (SSSR count). The second-order valence-corrected chi connectivity index (χ2v) is 19.3. The van der Waals surface area contributed by atoms with E-state index in [1.807, 2.05) is 164 Å². The molecule has 0 saturated carbocycles. The second kappa shape index (κ2) is 21.1.